The number of fused-ring (bicyclic) bond motifs is 1. The van der Waals surface area contributed by atoms with Crippen molar-refractivity contribution < 1.29 is 4.74 Å². The first kappa shape index (κ1) is 11.6. The lowest BCUT2D eigenvalue weighted by molar-refractivity contribution is 0.111. The van der Waals surface area contributed by atoms with E-state index >= 15 is 0 Å². The van der Waals surface area contributed by atoms with Crippen molar-refractivity contribution in [1.82, 2.24) is 5.32 Å². The molecule has 2 atom stereocenters. The van der Waals surface area contributed by atoms with Crippen molar-refractivity contribution in [1.29, 1.82) is 0 Å². The maximum Gasteiger partial charge on any atom is 0.0625 e. The minimum atomic E-state index is 0.472. The molecule has 0 bridgehead atoms. The number of rotatable bonds is 6. The first-order valence-electron chi connectivity index (χ1n) is 6.25. The Labute approximate surface area is 98.0 Å². The summed E-state index contributed by atoms with van der Waals surface area (Å²) >= 11 is 0. The SMILES string of the molecule is CCNC(COCC)C1Cc2ccccc21. The highest BCUT2D eigenvalue weighted by atomic mass is 16.5. The van der Waals surface area contributed by atoms with Crippen LogP contribution >= 0.6 is 0 Å². The van der Waals surface area contributed by atoms with Crippen LogP contribution in [0.1, 0.15) is 30.9 Å². The molecule has 1 aliphatic rings. The monoisotopic (exact) mass is 219 g/mol. The third-order valence-corrected chi connectivity index (χ3v) is 3.35. The van der Waals surface area contributed by atoms with Gasteiger partial charge in [0.25, 0.3) is 0 Å². The number of ether oxygens (including phenoxy) is 1. The topological polar surface area (TPSA) is 21.3 Å². The van der Waals surface area contributed by atoms with Crippen molar-refractivity contribution in [2.24, 2.45) is 0 Å². The molecule has 2 heteroatoms. The Hall–Kier alpha value is -0.860. The molecule has 2 unspecified atom stereocenters. The largest absolute Gasteiger partial charge is 0.380 e. The molecule has 0 spiro atoms. The second kappa shape index (κ2) is 5.46. The molecule has 0 amide bonds. The average molecular weight is 219 g/mol. The van der Waals surface area contributed by atoms with Gasteiger partial charge in [-0.1, -0.05) is 31.2 Å². The van der Waals surface area contributed by atoms with Crippen LogP contribution in [0.5, 0.6) is 0 Å². The second-order valence-corrected chi connectivity index (χ2v) is 4.33. The van der Waals surface area contributed by atoms with Gasteiger partial charge in [-0.15, -0.1) is 0 Å². The zero-order valence-corrected chi connectivity index (χ0v) is 10.2. The van der Waals surface area contributed by atoms with Crippen molar-refractivity contribution >= 4 is 0 Å². The van der Waals surface area contributed by atoms with Crippen LogP contribution in [0.2, 0.25) is 0 Å². The van der Waals surface area contributed by atoms with Gasteiger partial charge in [-0.05, 0) is 31.0 Å². The Morgan fingerprint density at radius 3 is 2.88 bits per heavy atom. The van der Waals surface area contributed by atoms with E-state index in [1.807, 2.05) is 0 Å². The summed E-state index contributed by atoms with van der Waals surface area (Å²) in [6, 6.07) is 9.21. The Bertz CT molecular complexity index is 337. The summed E-state index contributed by atoms with van der Waals surface area (Å²) in [6.45, 7) is 6.84. The number of likely N-dealkylation sites (N-methyl/N-ethyl adjacent to an activating group) is 1. The highest BCUT2D eigenvalue weighted by molar-refractivity contribution is 5.41. The maximum atomic E-state index is 5.56. The molecule has 0 radical (unpaired) electrons. The Kier molecular flexibility index (Phi) is 3.97. The van der Waals surface area contributed by atoms with Gasteiger partial charge < -0.3 is 10.1 Å². The van der Waals surface area contributed by atoms with Crippen LogP contribution in [-0.2, 0) is 11.2 Å². The van der Waals surface area contributed by atoms with Crippen LogP contribution in [0, 0.1) is 0 Å². The molecule has 0 heterocycles. The Morgan fingerprint density at radius 1 is 1.38 bits per heavy atom. The van der Waals surface area contributed by atoms with Gasteiger partial charge in [0.05, 0.1) is 6.61 Å². The average Bonchev–Trinajstić information content (AvgIpc) is 2.27. The zero-order valence-electron chi connectivity index (χ0n) is 10.2. The molecule has 0 aromatic heterocycles. The minimum absolute atomic E-state index is 0.472. The molecule has 1 aromatic carbocycles. The van der Waals surface area contributed by atoms with Crippen molar-refractivity contribution in [2.45, 2.75) is 32.2 Å². The van der Waals surface area contributed by atoms with E-state index in [0.717, 1.165) is 19.8 Å². The maximum absolute atomic E-state index is 5.56. The third-order valence-electron chi connectivity index (χ3n) is 3.35. The van der Waals surface area contributed by atoms with Crippen LogP contribution in [0.3, 0.4) is 0 Å². The van der Waals surface area contributed by atoms with E-state index in [1.54, 1.807) is 0 Å². The quantitative estimate of drug-likeness (QED) is 0.793. The molecule has 2 nitrogen and oxygen atoms in total. The fourth-order valence-electron chi connectivity index (χ4n) is 2.48. The van der Waals surface area contributed by atoms with Crippen LogP contribution in [0.15, 0.2) is 24.3 Å². The van der Waals surface area contributed by atoms with Gasteiger partial charge in [0.2, 0.25) is 0 Å². The predicted octanol–water partition coefficient (Wildman–Crippen LogP) is 2.34. The standard InChI is InChI=1S/C14H21NO/c1-3-15-14(10-16-4-2)13-9-11-7-5-6-8-12(11)13/h5-8,13-15H,3-4,9-10H2,1-2H3. The summed E-state index contributed by atoms with van der Waals surface area (Å²) in [5.41, 5.74) is 3.01. The highest BCUT2D eigenvalue weighted by Gasteiger charge is 2.32. The van der Waals surface area contributed by atoms with Crippen LogP contribution in [-0.4, -0.2) is 25.8 Å². The number of nitrogens with one attached hydrogen (secondary N) is 1. The van der Waals surface area contributed by atoms with E-state index in [2.05, 4.69) is 43.4 Å². The summed E-state index contributed by atoms with van der Waals surface area (Å²) in [5.74, 6) is 0.641. The van der Waals surface area contributed by atoms with Crippen molar-refractivity contribution in [3.63, 3.8) is 0 Å². The molecule has 0 saturated carbocycles. The molecule has 1 aromatic rings. The first-order valence-corrected chi connectivity index (χ1v) is 6.25. The lowest BCUT2D eigenvalue weighted by atomic mass is 9.73. The highest BCUT2D eigenvalue weighted by Crippen LogP contribution is 2.37. The van der Waals surface area contributed by atoms with Gasteiger partial charge in [0.15, 0.2) is 0 Å². The normalized spacial score (nSPS) is 20.0. The van der Waals surface area contributed by atoms with Crippen molar-refractivity contribution in [2.75, 3.05) is 19.8 Å². The summed E-state index contributed by atoms with van der Waals surface area (Å²) in [4.78, 5) is 0. The molecule has 1 N–H and O–H groups in total. The van der Waals surface area contributed by atoms with Gasteiger partial charge in [-0.3, -0.25) is 0 Å². The van der Waals surface area contributed by atoms with Gasteiger partial charge in [0.1, 0.15) is 0 Å². The predicted molar refractivity (Wildman–Crippen MR) is 66.8 cm³/mol. The van der Waals surface area contributed by atoms with Crippen LogP contribution in [0.25, 0.3) is 0 Å². The lowest BCUT2D eigenvalue weighted by Crippen LogP contribution is -2.43. The van der Waals surface area contributed by atoms with Gasteiger partial charge in [0, 0.05) is 18.6 Å². The summed E-state index contributed by atoms with van der Waals surface area (Å²) in [6.07, 6.45) is 1.20. The third kappa shape index (κ3) is 2.28. The Morgan fingerprint density at radius 2 is 2.19 bits per heavy atom. The molecular formula is C14H21NO. The minimum Gasteiger partial charge on any atom is -0.380 e. The van der Waals surface area contributed by atoms with Gasteiger partial charge >= 0.3 is 0 Å². The number of benzene rings is 1. The van der Waals surface area contributed by atoms with E-state index in [0.29, 0.717) is 12.0 Å². The van der Waals surface area contributed by atoms with Crippen LogP contribution in [0.4, 0.5) is 0 Å². The van der Waals surface area contributed by atoms with Crippen molar-refractivity contribution in [3.8, 4) is 0 Å². The van der Waals surface area contributed by atoms with E-state index in [1.165, 1.54) is 17.5 Å². The summed E-state index contributed by atoms with van der Waals surface area (Å²) in [5, 5.41) is 3.54. The summed E-state index contributed by atoms with van der Waals surface area (Å²) < 4.78 is 5.56. The molecule has 16 heavy (non-hydrogen) atoms. The lowest BCUT2D eigenvalue weighted by Gasteiger charge is -2.36. The molecular weight excluding hydrogens is 198 g/mol. The first-order chi connectivity index (χ1) is 7.86. The number of hydrogen-bond acceptors (Lipinski definition) is 2. The van der Waals surface area contributed by atoms with Gasteiger partial charge in [-0.2, -0.15) is 0 Å². The molecule has 0 fully saturated rings. The fraction of sp³-hybridized carbons (Fsp3) is 0.571. The molecule has 1 aliphatic carbocycles. The second-order valence-electron chi connectivity index (χ2n) is 4.33. The number of hydrogen-bond donors (Lipinski definition) is 1. The van der Waals surface area contributed by atoms with E-state index < -0.39 is 0 Å². The smallest absolute Gasteiger partial charge is 0.0625 e. The van der Waals surface area contributed by atoms with Crippen LogP contribution < -0.4 is 5.32 Å². The molecule has 88 valence electrons. The Balaban J connectivity index is 2.00. The van der Waals surface area contributed by atoms with E-state index in [-0.39, 0.29) is 0 Å². The van der Waals surface area contributed by atoms with Gasteiger partial charge in [-0.25, -0.2) is 0 Å². The molecule has 0 saturated heterocycles. The fourth-order valence-corrected chi connectivity index (χ4v) is 2.48. The zero-order chi connectivity index (χ0) is 11.4. The summed E-state index contributed by atoms with van der Waals surface area (Å²) in [7, 11) is 0. The van der Waals surface area contributed by atoms with Crippen molar-refractivity contribution in [3.05, 3.63) is 35.4 Å². The van der Waals surface area contributed by atoms with E-state index in [4.69, 9.17) is 4.74 Å². The molecule has 2 rings (SSSR count). The molecule has 0 aliphatic heterocycles. The van der Waals surface area contributed by atoms with E-state index in [9.17, 15) is 0 Å².